The Morgan fingerprint density at radius 2 is 2.40 bits per heavy atom. The Labute approximate surface area is 69.3 Å². The predicted octanol–water partition coefficient (Wildman–Crippen LogP) is 2.07. The highest BCUT2D eigenvalue weighted by Crippen LogP contribution is 2.05. The maximum Gasteiger partial charge on any atom is 0.0141 e. The third kappa shape index (κ3) is 6.02. The molecule has 0 aliphatic rings. The predicted molar refractivity (Wildman–Crippen MR) is 50.5 cm³/mol. The first-order chi connectivity index (χ1) is 4.81. The van der Waals surface area contributed by atoms with Gasteiger partial charge in [-0.15, -0.1) is 0 Å². The molecule has 1 atom stereocenters. The molecule has 0 radical (unpaired) electrons. The zero-order valence-electron chi connectivity index (χ0n) is 6.64. The number of nitrogens with one attached hydrogen (secondary N) is 1. The Bertz CT molecular complexity index is 83.3. The fourth-order valence-electron chi connectivity index (χ4n) is 0.746. The van der Waals surface area contributed by atoms with E-state index in [-0.39, 0.29) is 0 Å². The van der Waals surface area contributed by atoms with Crippen LogP contribution in [-0.4, -0.2) is 12.3 Å². The smallest absolute Gasteiger partial charge is 0.0141 e. The molecular weight excluding hydrogens is 142 g/mol. The maximum atomic E-state index is 4.20. The zero-order chi connectivity index (χ0) is 7.82. The molecule has 0 saturated carbocycles. The van der Waals surface area contributed by atoms with Crippen molar-refractivity contribution in [2.75, 3.05) is 12.3 Å². The molecule has 0 aliphatic heterocycles. The van der Waals surface area contributed by atoms with Crippen LogP contribution in [0.4, 0.5) is 0 Å². The van der Waals surface area contributed by atoms with Crippen LogP contribution in [0.3, 0.4) is 0 Å². The molecule has 1 nitrogen and oxygen atoms in total. The second-order valence-electron chi connectivity index (χ2n) is 2.59. The summed E-state index contributed by atoms with van der Waals surface area (Å²) in [5.41, 5.74) is 0. The lowest BCUT2D eigenvalue weighted by molar-refractivity contribution is 0.556. The SMILES string of the molecule is C=CNCCCC(C)CS. The minimum Gasteiger partial charge on any atom is -0.391 e. The van der Waals surface area contributed by atoms with E-state index in [9.17, 15) is 0 Å². The lowest BCUT2D eigenvalue weighted by Crippen LogP contribution is -2.08. The fraction of sp³-hybridized carbons (Fsp3) is 0.750. The Kier molecular flexibility index (Phi) is 6.93. The van der Waals surface area contributed by atoms with E-state index in [2.05, 4.69) is 31.4 Å². The third-order valence-electron chi connectivity index (χ3n) is 1.47. The van der Waals surface area contributed by atoms with Gasteiger partial charge in [-0.3, -0.25) is 0 Å². The molecule has 0 aliphatic carbocycles. The quantitative estimate of drug-likeness (QED) is 0.446. The van der Waals surface area contributed by atoms with E-state index >= 15 is 0 Å². The second kappa shape index (κ2) is 7.00. The maximum absolute atomic E-state index is 4.20. The van der Waals surface area contributed by atoms with E-state index < -0.39 is 0 Å². The van der Waals surface area contributed by atoms with Gasteiger partial charge < -0.3 is 5.32 Å². The molecule has 60 valence electrons. The van der Waals surface area contributed by atoms with E-state index in [1.807, 2.05) is 0 Å². The third-order valence-corrected chi connectivity index (χ3v) is 2.10. The minimum absolute atomic E-state index is 0.745. The van der Waals surface area contributed by atoms with Crippen molar-refractivity contribution in [3.63, 3.8) is 0 Å². The van der Waals surface area contributed by atoms with Crippen LogP contribution >= 0.6 is 12.6 Å². The minimum atomic E-state index is 0.745. The number of hydrogen-bond donors (Lipinski definition) is 2. The van der Waals surface area contributed by atoms with Crippen molar-refractivity contribution in [2.24, 2.45) is 5.92 Å². The average molecular weight is 159 g/mol. The molecule has 0 saturated heterocycles. The van der Waals surface area contributed by atoms with Crippen molar-refractivity contribution in [2.45, 2.75) is 19.8 Å². The molecule has 2 heteroatoms. The molecule has 10 heavy (non-hydrogen) atoms. The Morgan fingerprint density at radius 3 is 2.90 bits per heavy atom. The van der Waals surface area contributed by atoms with Gasteiger partial charge in [0.05, 0.1) is 0 Å². The van der Waals surface area contributed by atoms with Crippen molar-refractivity contribution in [1.29, 1.82) is 0 Å². The van der Waals surface area contributed by atoms with Crippen LogP contribution in [0, 0.1) is 5.92 Å². The average Bonchev–Trinajstić information content (AvgIpc) is 1.98. The van der Waals surface area contributed by atoms with Gasteiger partial charge in [0.1, 0.15) is 0 Å². The van der Waals surface area contributed by atoms with Crippen molar-refractivity contribution in [1.82, 2.24) is 5.32 Å². The molecule has 0 bridgehead atoms. The summed E-state index contributed by atoms with van der Waals surface area (Å²) in [7, 11) is 0. The summed E-state index contributed by atoms with van der Waals surface area (Å²) in [4.78, 5) is 0. The summed E-state index contributed by atoms with van der Waals surface area (Å²) in [5, 5.41) is 3.07. The van der Waals surface area contributed by atoms with Gasteiger partial charge in [-0.2, -0.15) is 12.6 Å². The lowest BCUT2D eigenvalue weighted by atomic mass is 10.1. The Morgan fingerprint density at radius 1 is 1.70 bits per heavy atom. The standard InChI is InChI=1S/C8H17NS/c1-3-9-6-4-5-8(2)7-10/h3,8-10H,1,4-7H2,2H3. The highest BCUT2D eigenvalue weighted by atomic mass is 32.1. The fourth-order valence-corrected chi connectivity index (χ4v) is 0.929. The molecule has 0 aromatic heterocycles. The number of rotatable bonds is 6. The van der Waals surface area contributed by atoms with Crippen LogP contribution in [0.1, 0.15) is 19.8 Å². The summed E-state index contributed by atoms with van der Waals surface area (Å²) in [6, 6.07) is 0. The molecule has 0 spiro atoms. The highest BCUT2D eigenvalue weighted by Gasteiger charge is 1.96. The second-order valence-corrected chi connectivity index (χ2v) is 2.95. The summed E-state index contributed by atoms with van der Waals surface area (Å²) >= 11 is 4.20. The van der Waals surface area contributed by atoms with E-state index in [0.717, 1.165) is 18.2 Å². The topological polar surface area (TPSA) is 12.0 Å². The molecule has 0 amide bonds. The van der Waals surface area contributed by atoms with Crippen molar-refractivity contribution in [3.05, 3.63) is 12.8 Å². The molecular formula is C8H17NS. The van der Waals surface area contributed by atoms with E-state index in [1.54, 1.807) is 6.20 Å². The van der Waals surface area contributed by atoms with Crippen molar-refractivity contribution >= 4 is 12.6 Å². The van der Waals surface area contributed by atoms with E-state index in [4.69, 9.17) is 0 Å². The molecule has 0 heterocycles. The molecule has 0 aromatic rings. The van der Waals surface area contributed by atoms with Gasteiger partial charge in [0, 0.05) is 6.54 Å². The summed E-state index contributed by atoms with van der Waals surface area (Å²) in [6.45, 7) is 6.84. The van der Waals surface area contributed by atoms with Gasteiger partial charge in [-0.1, -0.05) is 13.5 Å². The monoisotopic (exact) mass is 159 g/mol. The molecule has 1 unspecified atom stereocenters. The van der Waals surface area contributed by atoms with Gasteiger partial charge in [0.25, 0.3) is 0 Å². The largest absolute Gasteiger partial charge is 0.391 e. The number of thiol groups is 1. The summed E-state index contributed by atoms with van der Waals surface area (Å²) in [6.07, 6.45) is 4.21. The molecule has 0 fully saturated rings. The van der Waals surface area contributed by atoms with Gasteiger partial charge in [0.15, 0.2) is 0 Å². The van der Waals surface area contributed by atoms with Gasteiger partial charge in [-0.25, -0.2) is 0 Å². The van der Waals surface area contributed by atoms with Crippen LogP contribution in [0.5, 0.6) is 0 Å². The first-order valence-corrected chi connectivity index (χ1v) is 4.39. The molecule has 1 N–H and O–H groups in total. The Hall–Kier alpha value is -0.110. The summed E-state index contributed by atoms with van der Waals surface area (Å²) in [5.74, 6) is 1.74. The van der Waals surface area contributed by atoms with Crippen LogP contribution in [-0.2, 0) is 0 Å². The van der Waals surface area contributed by atoms with Gasteiger partial charge in [-0.05, 0) is 30.7 Å². The first kappa shape index (κ1) is 9.89. The van der Waals surface area contributed by atoms with Crippen molar-refractivity contribution in [3.8, 4) is 0 Å². The zero-order valence-corrected chi connectivity index (χ0v) is 7.53. The van der Waals surface area contributed by atoms with Gasteiger partial charge in [0.2, 0.25) is 0 Å². The highest BCUT2D eigenvalue weighted by molar-refractivity contribution is 7.80. The van der Waals surface area contributed by atoms with Crippen LogP contribution < -0.4 is 5.32 Å². The normalized spacial score (nSPS) is 12.6. The molecule has 0 aromatic carbocycles. The van der Waals surface area contributed by atoms with E-state index in [1.165, 1.54) is 12.8 Å². The van der Waals surface area contributed by atoms with Crippen LogP contribution in [0.25, 0.3) is 0 Å². The number of hydrogen-bond acceptors (Lipinski definition) is 2. The van der Waals surface area contributed by atoms with Crippen LogP contribution in [0.2, 0.25) is 0 Å². The molecule has 0 rings (SSSR count). The first-order valence-electron chi connectivity index (χ1n) is 3.76. The Balaban J connectivity index is 2.95. The van der Waals surface area contributed by atoms with Crippen LogP contribution in [0.15, 0.2) is 12.8 Å². The summed E-state index contributed by atoms with van der Waals surface area (Å²) < 4.78 is 0. The van der Waals surface area contributed by atoms with E-state index in [0.29, 0.717) is 0 Å². The lowest BCUT2D eigenvalue weighted by Gasteiger charge is -2.06. The van der Waals surface area contributed by atoms with Crippen molar-refractivity contribution < 1.29 is 0 Å². The van der Waals surface area contributed by atoms with Gasteiger partial charge >= 0.3 is 0 Å².